The van der Waals surface area contributed by atoms with E-state index in [4.69, 9.17) is 18.7 Å². The summed E-state index contributed by atoms with van der Waals surface area (Å²) in [6.45, 7) is 16.5. The van der Waals surface area contributed by atoms with Gasteiger partial charge in [-0.25, -0.2) is 9.36 Å². The maximum Gasteiger partial charge on any atom is 0.530 e. The highest BCUT2D eigenvalue weighted by molar-refractivity contribution is 7.48. The minimum absolute atomic E-state index is 0. The van der Waals surface area contributed by atoms with E-state index in [1.807, 2.05) is 5.57 Å². The van der Waals surface area contributed by atoms with E-state index < -0.39 is 13.8 Å². The van der Waals surface area contributed by atoms with Gasteiger partial charge in [0.2, 0.25) is 0 Å². The molecule has 7 heteroatoms. The summed E-state index contributed by atoms with van der Waals surface area (Å²) in [6, 6.07) is 5.49. The molecule has 7 atom stereocenters. The summed E-state index contributed by atoms with van der Waals surface area (Å²) >= 11 is 0. The Balaban J connectivity index is 0.000000339. The number of carboxylic acids is 1. The standard InChI is InChI=1S/C27H46.C11H15O6P.2H2/c1-19(2)9-8-10-20(3)23-14-15-24-22-13-12-21-11-6-7-17-26(21,4)25(22)16-18-27(23,24)5;1-3-15-18(14,16-4-2)17-10-7-5-9(6-8-10)11(12)13;;/h12,19-20,22-25H,6-11,13-18H2,1-5H3;5-8H,3-4H2,1-2H3,(H,12,13);2*1H/t20-,22+,23?,24?,25?,26+,27-;;;/m1.../s1. The zero-order chi connectivity index (χ0) is 32.8. The van der Waals surface area contributed by atoms with Gasteiger partial charge < -0.3 is 9.63 Å². The number of allylic oxidation sites excluding steroid dienone is 2. The van der Waals surface area contributed by atoms with Gasteiger partial charge in [0.1, 0.15) is 5.75 Å². The van der Waals surface area contributed by atoms with Crippen molar-refractivity contribution in [3.63, 3.8) is 0 Å². The average Bonchev–Trinajstić information content (AvgIpc) is 3.35. The Morgan fingerprint density at radius 2 is 1.67 bits per heavy atom. The second-order valence-corrected chi connectivity index (χ2v) is 16.8. The Bertz CT molecular complexity index is 1200. The number of aromatic carboxylic acids is 1. The van der Waals surface area contributed by atoms with Crippen molar-refractivity contribution >= 4 is 13.8 Å². The molecule has 0 aromatic heterocycles. The number of benzene rings is 1. The quantitative estimate of drug-likeness (QED) is 0.179. The Labute approximate surface area is 276 Å². The van der Waals surface area contributed by atoms with Gasteiger partial charge in [-0.3, -0.25) is 9.05 Å². The third-order valence-electron chi connectivity index (χ3n) is 12.1. The van der Waals surface area contributed by atoms with Crippen LogP contribution in [0.2, 0.25) is 0 Å². The van der Waals surface area contributed by atoms with Crippen LogP contribution < -0.4 is 4.52 Å². The fourth-order valence-corrected chi connectivity index (χ4v) is 11.1. The van der Waals surface area contributed by atoms with E-state index in [0.717, 1.165) is 35.5 Å². The summed E-state index contributed by atoms with van der Waals surface area (Å²) in [4.78, 5) is 10.7. The van der Waals surface area contributed by atoms with Crippen LogP contribution in [0.3, 0.4) is 0 Å². The summed E-state index contributed by atoms with van der Waals surface area (Å²) < 4.78 is 27.0. The minimum atomic E-state index is -3.63. The number of hydrogen-bond acceptors (Lipinski definition) is 5. The third kappa shape index (κ3) is 8.28. The van der Waals surface area contributed by atoms with Crippen LogP contribution >= 0.6 is 7.82 Å². The normalized spacial score (nSPS) is 31.5. The molecule has 258 valence electrons. The molecule has 45 heavy (non-hydrogen) atoms. The minimum Gasteiger partial charge on any atom is -0.478 e. The smallest absolute Gasteiger partial charge is 0.478 e. The zero-order valence-electron chi connectivity index (χ0n) is 29.2. The predicted molar refractivity (Wildman–Crippen MR) is 187 cm³/mol. The van der Waals surface area contributed by atoms with Crippen LogP contribution in [0.5, 0.6) is 5.75 Å². The van der Waals surface area contributed by atoms with Gasteiger partial charge in [0.05, 0.1) is 18.8 Å². The largest absolute Gasteiger partial charge is 0.530 e. The topological polar surface area (TPSA) is 82.1 Å². The molecule has 0 saturated heterocycles. The van der Waals surface area contributed by atoms with Crippen molar-refractivity contribution in [2.75, 3.05) is 13.2 Å². The number of phosphoric ester groups is 1. The van der Waals surface area contributed by atoms with Gasteiger partial charge in [-0.15, -0.1) is 0 Å². The number of phosphoric acid groups is 1. The maximum absolute atomic E-state index is 12.0. The van der Waals surface area contributed by atoms with E-state index >= 15 is 0 Å². The van der Waals surface area contributed by atoms with Crippen LogP contribution in [0.1, 0.15) is 139 Å². The first kappa shape index (κ1) is 36.2. The second kappa shape index (κ2) is 15.5. The van der Waals surface area contributed by atoms with Gasteiger partial charge >= 0.3 is 13.8 Å². The molecular weight excluding hydrogens is 583 g/mol. The summed E-state index contributed by atoms with van der Waals surface area (Å²) in [5, 5.41) is 8.73. The molecule has 1 aromatic rings. The lowest BCUT2D eigenvalue weighted by Crippen LogP contribution is -2.50. The van der Waals surface area contributed by atoms with Crippen molar-refractivity contribution in [1.29, 1.82) is 0 Å². The number of rotatable bonds is 12. The molecule has 3 unspecified atom stereocenters. The molecule has 3 fully saturated rings. The number of fused-ring (bicyclic) bond motifs is 5. The molecule has 3 saturated carbocycles. The Morgan fingerprint density at radius 1 is 0.978 bits per heavy atom. The maximum atomic E-state index is 12.0. The van der Waals surface area contributed by atoms with Crippen LogP contribution in [0.4, 0.5) is 0 Å². The van der Waals surface area contributed by atoms with Gasteiger partial charge in [0, 0.05) is 2.85 Å². The lowest BCUT2D eigenvalue weighted by Gasteiger charge is -2.58. The number of carbonyl (C=O) groups is 1. The number of hydrogen-bond donors (Lipinski definition) is 1. The predicted octanol–water partition coefficient (Wildman–Crippen LogP) is 11.9. The van der Waals surface area contributed by atoms with E-state index in [-0.39, 0.29) is 27.4 Å². The summed E-state index contributed by atoms with van der Waals surface area (Å²) in [7, 11) is -3.63. The van der Waals surface area contributed by atoms with Crippen LogP contribution in [0, 0.1) is 46.3 Å². The summed E-state index contributed by atoms with van der Waals surface area (Å²) in [5.41, 5.74) is 3.21. The molecule has 5 rings (SSSR count). The van der Waals surface area contributed by atoms with Crippen molar-refractivity contribution in [2.24, 2.45) is 46.3 Å². The molecule has 0 aliphatic heterocycles. The molecule has 0 radical (unpaired) electrons. The van der Waals surface area contributed by atoms with Gasteiger partial charge in [0.25, 0.3) is 0 Å². The summed E-state index contributed by atoms with van der Waals surface area (Å²) in [5.74, 6) is 5.03. The zero-order valence-corrected chi connectivity index (χ0v) is 30.1. The van der Waals surface area contributed by atoms with Crippen LogP contribution in [-0.4, -0.2) is 24.3 Å². The fraction of sp³-hybridized carbons (Fsp3) is 0.763. The molecule has 1 aromatic carbocycles. The second-order valence-electron chi connectivity index (χ2n) is 15.2. The molecule has 6 nitrogen and oxygen atoms in total. The SMILES string of the molecule is CC(C)CCC[C@@H](C)C1CCC2[C@@H]3CC=C4CCCC[C@]4(C)C3CC[C@@]21C.CCOP(=O)(OCC)Oc1ccc(C(=O)O)cc1.[HH].[HH]. The molecule has 0 bridgehead atoms. The van der Waals surface area contributed by atoms with Gasteiger partial charge in [-0.1, -0.05) is 72.0 Å². The first-order valence-electron chi connectivity index (χ1n) is 18.0. The van der Waals surface area contributed by atoms with E-state index in [1.54, 1.807) is 13.8 Å². The Kier molecular flexibility index (Phi) is 12.5. The lowest BCUT2D eigenvalue weighted by molar-refractivity contribution is -0.0500. The lowest BCUT2D eigenvalue weighted by atomic mass is 9.47. The molecular formula is C38H65O6P. The number of carboxylic acid groups (broad SMARTS) is 1. The average molecular weight is 649 g/mol. The first-order chi connectivity index (χ1) is 21.4. The van der Waals surface area contributed by atoms with Crippen molar-refractivity contribution in [2.45, 2.75) is 126 Å². The van der Waals surface area contributed by atoms with Crippen molar-refractivity contribution in [1.82, 2.24) is 0 Å². The molecule has 0 amide bonds. The van der Waals surface area contributed by atoms with Crippen LogP contribution in [-0.2, 0) is 13.6 Å². The Morgan fingerprint density at radius 3 is 2.29 bits per heavy atom. The Hall–Kier alpha value is -1.62. The van der Waals surface area contributed by atoms with Crippen molar-refractivity contribution < 1.29 is 30.9 Å². The van der Waals surface area contributed by atoms with Gasteiger partial charge in [0.15, 0.2) is 0 Å². The van der Waals surface area contributed by atoms with Crippen molar-refractivity contribution in [3.05, 3.63) is 41.5 Å². The van der Waals surface area contributed by atoms with Crippen LogP contribution in [0.15, 0.2) is 35.9 Å². The fourth-order valence-electron chi connectivity index (χ4n) is 9.92. The highest BCUT2D eigenvalue weighted by Crippen LogP contribution is 2.67. The van der Waals surface area contributed by atoms with E-state index in [2.05, 4.69) is 40.7 Å². The van der Waals surface area contributed by atoms with Gasteiger partial charge in [-0.2, -0.15) is 0 Å². The third-order valence-corrected chi connectivity index (χ3v) is 13.7. The summed E-state index contributed by atoms with van der Waals surface area (Å²) in [6.07, 6.45) is 20.5. The van der Waals surface area contributed by atoms with Crippen molar-refractivity contribution in [3.8, 4) is 5.75 Å². The monoisotopic (exact) mass is 648 g/mol. The van der Waals surface area contributed by atoms with E-state index in [9.17, 15) is 9.36 Å². The van der Waals surface area contributed by atoms with Gasteiger partial charge in [-0.05, 0) is 136 Å². The molecule has 0 heterocycles. The van der Waals surface area contributed by atoms with Crippen LogP contribution in [0.25, 0.3) is 0 Å². The first-order valence-corrected chi connectivity index (χ1v) is 19.4. The highest BCUT2D eigenvalue weighted by atomic mass is 31.2. The van der Waals surface area contributed by atoms with E-state index in [1.165, 1.54) is 101 Å². The molecule has 0 spiro atoms. The highest BCUT2D eigenvalue weighted by Gasteiger charge is 2.58. The molecule has 4 aliphatic carbocycles. The molecule has 1 N–H and O–H groups in total. The van der Waals surface area contributed by atoms with E-state index in [0.29, 0.717) is 10.8 Å². The molecule has 4 aliphatic rings.